The molecule has 2 aromatic heterocycles. The Morgan fingerprint density at radius 3 is 2.39 bits per heavy atom. The van der Waals surface area contributed by atoms with Crippen molar-refractivity contribution in [2.75, 3.05) is 20.2 Å². The fourth-order valence-corrected chi connectivity index (χ4v) is 4.55. The fourth-order valence-electron chi connectivity index (χ4n) is 3.84. The molecule has 3 heterocycles. The maximum absolute atomic E-state index is 12.9. The van der Waals surface area contributed by atoms with Crippen LogP contribution in [-0.4, -0.2) is 46.0 Å². The number of carbonyl (C=O) groups is 1. The first kappa shape index (κ1) is 18.6. The molecular weight excluding hydrogens is 372 g/mol. The topological polar surface area (TPSA) is 68.2 Å². The van der Waals surface area contributed by atoms with E-state index >= 15 is 0 Å². The highest BCUT2D eigenvalue weighted by Gasteiger charge is 2.40. The number of nitrogens with zero attached hydrogens (tertiary/aromatic N) is 4. The number of benzene rings is 1. The third-order valence-electron chi connectivity index (χ3n) is 5.40. The molecule has 1 fully saturated rings. The maximum atomic E-state index is 12.9. The Morgan fingerprint density at radius 2 is 1.82 bits per heavy atom. The van der Waals surface area contributed by atoms with E-state index in [1.54, 1.807) is 11.3 Å². The average Bonchev–Trinajstić information content (AvgIpc) is 3.21. The lowest BCUT2D eigenvalue weighted by atomic mass is 9.70. The zero-order chi connectivity index (χ0) is 19.6. The number of aryl methyl sites for hydroxylation is 1. The van der Waals surface area contributed by atoms with E-state index in [-0.39, 0.29) is 17.3 Å². The molecule has 7 heteroatoms. The third kappa shape index (κ3) is 3.38. The van der Waals surface area contributed by atoms with Crippen LogP contribution in [-0.2, 0) is 5.41 Å². The number of methoxy groups -OCH3 is 1. The molecule has 0 radical (unpaired) electrons. The summed E-state index contributed by atoms with van der Waals surface area (Å²) in [5, 5.41) is 3.23. The van der Waals surface area contributed by atoms with Crippen LogP contribution in [0, 0.1) is 6.92 Å². The van der Waals surface area contributed by atoms with Gasteiger partial charge in [0.1, 0.15) is 0 Å². The van der Waals surface area contributed by atoms with Gasteiger partial charge in [-0.3, -0.25) is 4.79 Å². The van der Waals surface area contributed by atoms with Crippen LogP contribution in [0.4, 0.5) is 0 Å². The minimum absolute atomic E-state index is 0.0428. The molecule has 144 valence electrons. The average molecular weight is 395 g/mol. The second-order valence-electron chi connectivity index (χ2n) is 6.95. The van der Waals surface area contributed by atoms with Gasteiger partial charge in [-0.15, -0.1) is 11.3 Å². The Hall–Kier alpha value is -2.80. The number of hydrogen-bond acceptors (Lipinski definition) is 6. The molecule has 6 nitrogen and oxygen atoms in total. The van der Waals surface area contributed by atoms with E-state index in [1.165, 1.54) is 25.1 Å². The lowest BCUT2D eigenvalue weighted by molar-refractivity contribution is 0.0683. The molecule has 0 spiro atoms. The number of hydrogen-bond donors (Lipinski definition) is 0. The van der Waals surface area contributed by atoms with Crippen molar-refractivity contribution in [3.05, 3.63) is 69.9 Å². The smallest absolute Gasteiger partial charge is 0.316 e. The van der Waals surface area contributed by atoms with Crippen molar-refractivity contribution >= 4 is 17.2 Å². The van der Waals surface area contributed by atoms with Crippen molar-refractivity contribution in [3.8, 4) is 6.01 Å². The lowest BCUT2D eigenvalue weighted by Crippen LogP contribution is -2.46. The summed E-state index contributed by atoms with van der Waals surface area (Å²) >= 11 is 1.68. The number of aromatic nitrogens is 3. The van der Waals surface area contributed by atoms with Crippen molar-refractivity contribution < 1.29 is 9.53 Å². The summed E-state index contributed by atoms with van der Waals surface area (Å²) in [5.74, 6) is -0.0428. The summed E-state index contributed by atoms with van der Waals surface area (Å²) in [6, 6.07) is 10.8. The van der Waals surface area contributed by atoms with Gasteiger partial charge in [-0.05, 0) is 25.3 Å². The largest absolute Gasteiger partial charge is 0.467 e. The zero-order valence-corrected chi connectivity index (χ0v) is 16.8. The van der Waals surface area contributed by atoms with Crippen molar-refractivity contribution in [1.29, 1.82) is 0 Å². The number of ether oxygens (including phenoxy) is 1. The van der Waals surface area contributed by atoms with Crippen LogP contribution < -0.4 is 4.74 Å². The molecule has 1 aliphatic rings. The van der Waals surface area contributed by atoms with Gasteiger partial charge < -0.3 is 9.64 Å². The van der Waals surface area contributed by atoms with Gasteiger partial charge >= 0.3 is 6.01 Å². The molecule has 1 aliphatic heterocycles. The van der Waals surface area contributed by atoms with Crippen molar-refractivity contribution in [2.45, 2.75) is 25.2 Å². The van der Waals surface area contributed by atoms with E-state index in [0.717, 1.165) is 23.5 Å². The Morgan fingerprint density at radius 1 is 1.14 bits per heavy atom. The summed E-state index contributed by atoms with van der Waals surface area (Å²) in [7, 11) is 1.50. The molecule has 0 saturated carbocycles. The van der Waals surface area contributed by atoms with Crippen molar-refractivity contribution in [1.82, 2.24) is 19.9 Å². The first-order valence-electron chi connectivity index (χ1n) is 9.26. The Bertz CT molecular complexity index is 948. The van der Waals surface area contributed by atoms with E-state index in [9.17, 15) is 4.79 Å². The Balaban J connectivity index is 1.57. The number of rotatable bonds is 4. The molecule has 0 aliphatic carbocycles. The molecule has 0 atom stereocenters. The van der Waals surface area contributed by atoms with Crippen LogP contribution in [0.25, 0.3) is 0 Å². The summed E-state index contributed by atoms with van der Waals surface area (Å²) in [6.07, 6.45) is 4.72. The predicted molar refractivity (Wildman–Crippen MR) is 108 cm³/mol. The van der Waals surface area contributed by atoms with Crippen molar-refractivity contribution in [2.24, 2.45) is 0 Å². The molecule has 1 saturated heterocycles. The quantitative estimate of drug-likeness (QED) is 0.678. The molecule has 3 aromatic rings. The molecule has 4 rings (SSSR count). The highest BCUT2D eigenvalue weighted by Crippen LogP contribution is 2.42. The predicted octanol–water partition coefficient (Wildman–Crippen LogP) is 3.47. The Labute approximate surface area is 168 Å². The van der Waals surface area contributed by atoms with E-state index in [1.807, 2.05) is 17.9 Å². The van der Waals surface area contributed by atoms with Gasteiger partial charge in [-0.25, -0.2) is 15.0 Å². The monoisotopic (exact) mass is 394 g/mol. The lowest BCUT2D eigenvalue weighted by Gasteiger charge is -2.41. The van der Waals surface area contributed by atoms with E-state index in [4.69, 9.17) is 9.72 Å². The summed E-state index contributed by atoms with van der Waals surface area (Å²) in [4.78, 5) is 27.7. The molecular formula is C21H22N4O2S. The highest BCUT2D eigenvalue weighted by atomic mass is 32.1. The zero-order valence-electron chi connectivity index (χ0n) is 16.0. The number of carbonyl (C=O) groups excluding carboxylic acids is 1. The minimum Gasteiger partial charge on any atom is -0.467 e. The fraction of sp³-hybridized carbons (Fsp3) is 0.333. The molecule has 0 unspecified atom stereocenters. The first-order chi connectivity index (χ1) is 13.6. The van der Waals surface area contributed by atoms with Gasteiger partial charge in [0.25, 0.3) is 5.91 Å². The van der Waals surface area contributed by atoms with Gasteiger partial charge in [0, 0.05) is 36.3 Å². The summed E-state index contributed by atoms with van der Waals surface area (Å²) in [6.45, 7) is 3.36. The SMILES string of the molecule is COc1ncc(C(=O)N2CCC(c3ccccc3)(c3csc(C)n3)CC2)cn1. The van der Waals surface area contributed by atoms with Crippen LogP contribution >= 0.6 is 11.3 Å². The van der Waals surface area contributed by atoms with E-state index < -0.39 is 0 Å². The standard InChI is InChI=1S/C21H22N4O2S/c1-15-24-18(14-28-15)21(17-6-4-3-5-7-17)8-10-25(11-9-21)19(26)16-12-22-20(27-2)23-13-16/h3-7,12-14H,8-11H2,1-2H3. The van der Waals surface area contributed by atoms with Gasteiger partial charge in [0.2, 0.25) is 0 Å². The third-order valence-corrected chi connectivity index (χ3v) is 6.17. The maximum Gasteiger partial charge on any atom is 0.316 e. The van der Waals surface area contributed by atoms with Crippen LogP contribution in [0.1, 0.15) is 39.5 Å². The molecule has 1 amide bonds. The molecule has 28 heavy (non-hydrogen) atoms. The van der Waals surface area contributed by atoms with Crippen LogP contribution in [0.3, 0.4) is 0 Å². The van der Waals surface area contributed by atoms with Gasteiger partial charge in [-0.1, -0.05) is 30.3 Å². The van der Waals surface area contributed by atoms with Crippen LogP contribution in [0.2, 0.25) is 0 Å². The first-order valence-corrected chi connectivity index (χ1v) is 10.1. The second-order valence-corrected chi connectivity index (χ2v) is 8.01. The normalized spacial score (nSPS) is 16.0. The molecule has 0 N–H and O–H groups in total. The van der Waals surface area contributed by atoms with Gasteiger partial charge in [0.15, 0.2) is 0 Å². The highest BCUT2D eigenvalue weighted by molar-refractivity contribution is 7.09. The number of likely N-dealkylation sites (tertiary alicyclic amines) is 1. The van der Waals surface area contributed by atoms with Gasteiger partial charge in [-0.2, -0.15) is 0 Å². The summed E-state index contributed by atoms with van der Waals surface area (Å²) in [5.41, 5.74) is 2.71. The number of thiazole rings is 1. The minimum atomic E-state index is -0.154. The Kier molecular flexibility index (Phi) is 5.09. The number of piperidine rings is 1. The molecule has 1 aromatic carbocycles. The van der Waals surface area contributed by atoms with E-state index in [2.05, 4.69) is 39.6 Å². The van der Waals surface area contributed by atoms with Gasteiger partial charge in [0.05, 0.1) is 23.4 Å². The van der Waals surface area contributed by atoms with Crippen LogP contribution in [0.15, 0.2) is 48.1 Å². The molecule has 0 bridgehead atoms. The number of amides is 1. The second kappa shape index (κ2) is 7.67. The van der Waals surface area contributed by atoms with E-state index in [0.29, 0.717) is 18.7 Å². The summed E-state index contributed by atoms with van der Waals surface area (Å²) < 4.78 is 4.97. The van der Waals surface area contributed by atoms with Crippen molar-refractivity contribution in [3.63, 3.8) is 0 Å². The van der Waals surface area contributed by atoms with Crippen LogP contribution in [0.5, 0.6) is 6.01 Å².